The molecule has 0 amide bonds. The second-order valence-corrected chi connectivity index (χ2v) is 13.5. The van der Waals surface area contributed by atoms with Crippen molar-refractivity contribution in [2.24, 2.45) is 17.8 Å². The van der Waals surface area contributed by atoms with Crippen molar-refractivity contribution in [1.29, 1.82) is 0 Å². The second-order valence-electron chi connectivity index (χ2n) is 13.5. The maximum Gasteiger partial charge on any atom is 0.339 e. The first-order chi connectivity index (χ1) is 22.9. The first kappa shape index (κ1) is 42.3. The molecule has 48 heavy (non-hydrogen) atoms. The maximum atomic E-state index is 12.4. The van der Waals surface area contributed by atoms with Crippen LogP contribution in [0.2, 0.25) is 0 Å². The molecular weight excluding hydrogens is 608 g/mol. The summed E-state index contributed by atoms with van der Waals surface area (Å²) < 4.78 is 15.8. The van der Waals surface area contributed by atoms with Crippen molar-refractivity contribution in [2.45, 2.75) is 119 Å². The number of rotatable bonds is 22. The maximum absolute atomic E-state index is 12.4. The molecule has 0 unspecified atom stereocenters. The number of carbonyl (C=O) groups excluding carboxylic acids is 3. The molecule has 2 aromatic carbocycles. The van der Waals surface area contributed by atoms with Gasteiger partial charge in [0.05, 0.1) is 42.1 Å². The van der Waals surface area contributed by atoms with E-state index in [1.54, 1.807) is 36.4 Å². The largest absolute Gasteiger partial charge is 0.478 e. The predicted molar refractivity (Wildman–Crippen MR) is 191 cm³/mol. The Balaban J connectivity index is 0.000000507. The summed E-state index contributed by atoms with van der Waals surface area (Å²) in [6.45, 7) is 14.3. The number of carbonyl (C=O) groups is 4. The van der Waals surface area contributed by atoms with E-state index in [0.717, 1.165) is 57.8 Å². The number of ether oxygens (including phenoxy) is 3. The van der Waals surface area contributed by atoms with Crippen LogP contribution >= 0.6 is 0 Å². The Morgan fingerprint density at radius 2 is 0.729 bits per heavy atom. The SMILES string of the molecule is CC(C)CCCCCOC(=O)c1ccccc1C(=O)O.CC(C)CCCCCOC(=O)c1ccccc1C(=O)OCCCCCC(C)C. The van der Waals surface area contributed by atoms with Gasteiger partial charge in [0.1, 0.15) is 0 Å². The summed E-state index contributed by atoms with van der Waals surface area (Å²) in [6.07, 6.45) is 12.6. The van der Waals surface area contributed by atoms with E-state index < -0.39 is 23.9 Å². The summed E-state index contributed by atoms with van der Waals surface area (Å²) in [5.74, 6) is -0.477. The second kappa shape index (κ2) is 25.4. The standard InChI is InChI=1S/C24H38O4.C16H22O4/c1-19(2)13-7-5-11-17-27-23(25)21-15-9-10-16-22(21)24(26)28-18-12-6-8-14-20(3)4;1-12(2)8-4-3-7-11-20-16(19)14-10-6-5-9-13(14)15(17)18/h9-10,15-16,19-20H,5-8,11-14,17-18H2,1-4H3;5-6,9-10,12H,3-4,7-8,11H2,1-2H3,(H,17,18). The van der Waals surface area contributed by atoms with E-state index in [-0.39, 0.29) is 22.3 Å². The van der Waals surface area contributed by atoms with Gasteiger partial charge in [0, 0.05) is 0 Å². The zero-order valence-corrected chi connectivity index (χ0v) is 30.3. The normalized spacial score (nSPS) is 10.9. The smallest absolute Gasteiger partial charge is 0.339 e. The van der Waals surface area contributed by atoms with Crippen molar-refractivity contribution in [1.82, 2.24) is 0 Å². The van der Waals surface area contributed by atoms with Gasteiger partial charge >= 0.3 is 23.9 Å². The van der Waals surface area contributed by atoms with Crippen molar-refractivity contribution in [3.05, 3.63) is 70.8 Å². The predicted octanol–water partition coefficient (Wildman–Crippen LogP) is 10.2. The van der Waals surface area contributed by atoms with E-state index in [4.69, 9.17) is 19.3 Å². The summed E-state index contributed by atoms with van der Waals surface area (Å²) in [4.78, 5) is 47.5. The minimum atomic E-state index is -1.12. The number of hydrogen-bond acceptors (Lipinski definition) is 7. The summed E-state index contributed by atoms with van der Waals surface area (Å²) in [7, 11) is 0. The van der Waals surface area contributed by atoms with Crippen molar-refractivity contribution in [2.75, 3.05) is 19.8 Å². The van der Waals surface area contributed by atoms with Crippen molar-refractivity contribution >= 4 is 23.9 Å². The van der Waals surface area contributed by atoms with Gasteiger partial charge < -0.3 is 19.3 Å². The molecule has 0 fully saturated rings. The fourth-order valence-electron chi connectivity index (χ4n) is 4.91. The third-order valence-electron chi connectivity index (χ3n) is 7.72. The number of esters is 3. The zero-order chi connectivity index (χ0) is 35.7. The molecule has 268 valence electrons. The number of hydrogen-bond donors (Lipinski definition) is 1. The molecule has 8 heteroatoms. The summed E-state index contributed by atoms with van der Waals surface area (Å²) in [5.41, 5.74) is 0.670. The topological polar surface area (TPSA) is 116 Å². The Labute approximate surface area is 288 Å². The first-order valence-electron chi connectivity index (χ1n) is 17.9. The van der Waals surface area contributed by atoms with E-state index in [1.165, 1.54) is 31.4 Å². The third kappa shape index (κ3) is 19.2. The van der Waals surface area contributed by atoms with E-state index in [9.17, 15) is 19.2 Å². The highest BCUT2D eigenvalue weighted by Gasteiger charge is 2.19. The van der Waals surface area contributed by atoms with Crippen molar-refractivity contribution in [3.8, 4) is 0 Å². The van der Waals surface area contributed by atoms with Crippen LogP contribution in [0, 0.1) is 17.8 Å². The minimum absolute atomic E-state index is 0.0164. The van der Waals surface area contributed by atoms with Crippen LogP contribution in [0.3, 0.4) is 0 Å². The van der Waals surface area contributed by atoms with Gasteiger partial charge in [-0.05, 0) is 61.3 Å². The molecular formula is C40H60O8. The lowest BCUT2D eigenvalue weighted by atomic mass is 10.1. The molecule has 0 saturated heterocycles. The summed E-state index contributed by atoms with van der Waals surface area (Å²) >= 11 is 0. The highest BCUT2D eigenvalue weighted by Crippen LogP contribution is 2.15. The molecule has 0 aliphatic heterocycles. The van der Waals surface area contributed by atoms with Crippen LogP contribution in [0.15, 0.2) is 48.5 Å². The van der Waals surface area contributed by atoms with Crippen molar-refractivity contribution in [3.63, 3.8) is 0 Å². The lowest BCUT2D eigenvalue weighted by Gasteiger charge is -2.10. The number of carboxylic acids is 1. The van der Waals surface area contributed by atoms with Gasteiger partial charge in [-0.2, -0.15) is 0 Å². The van der Waals surface area contributed by atoms with E-state index in [1.807, 2.05) is 0 Å². The van der Waals surface area contributed by atoms with Gasteiger partial charge in [-0.1, -0.05) is 124 Å². The molecule has 0 bridgehead atoms. The molecule has 0 saturated carbocycles. The molecule has 2 rings (SSSR count). The fourth-order valence-corrected chi connectivity index (χ4v) is 4.91. The van der Waals surface area contributed by atoms with E-state index >= 15 is 0 Å². The molecule has 0 spiro atoms. The Morgan fingerprint density at radius 1 is 0.458 bits per heavy atom. The Hall–Kier alpha value is -3.68. The quantitative estimate of drug-likeness (QED) is 0.0748. The zero-order valence-electron chi connectivity index (χ0n) is 30.3. The molecule has 1 N–H and O–H groups in total. The highest BCUT2D eigenvalue weighted by atomic mass is 16.5. The Kier molecular flexibility index (Phi) is 22.4. The monoisotopic (exact) mass is 668 g/mol. The van der Waals surface area contributed by atoms with Crippen molar-refractivity contribution < 1.29 is 38.5 Å². The molecule has 0 aliphatic carbocycles. The van der Waals surface area contributed by atoms with Gasteiger partial charge in [-0.15, -0.1) is 0 Å². The van der Waals surface area contributed by atoms with Crippen LogP contribution in [0.4, 0.5) is 0 Å². The molecule has 8 nitrogen and oxygen atoms in total. The Bertz CT molecular complexity index is 1170. The van der Waals surface area contributed by atoms with Gasteiger partial charge in [0.25, 0.3) is 0 Å². The van der Waals surface area contributed by atoms with Crippen LogP contribution in [0.5, 0.6) is 0 Å². The van der Waals surface area contributed by atoms with Crippen LogP contribution in [0.1, 0.15) is 160 Å². The molecule has 0 aromatic heterocycles. The summed E-state index contributed by atoms with van der Waals surface area (Å²) in [5, 5.41) is 9.00. The minimum Gasteiger partial charge on any atom is -0.478 e. The highest BCUT2D eigenvalue weighted by molar-refractivity contribution is 6.03. The van der Waals surface area contributed by atoms with E-state index in [2.05, 4.69) is 41.5 Å². The van der Waals surface area contributed by atoms with Crippen LogP contribution in [-0.4, -0.2) is 48.8 Å². The lowest BCUT2D eigenvalue weighted by Crippen LogP contribution is -2.15. The van der Waals surface area contributed by atoms with E-state index in [0.29, 0.717) is 37.6 Å². The van der Waals surface area contributed by atoms with Gasteiger partial charge in [0.15, 0.2) is 0 Å². The Morgan fingerprint density at radius 3 is 1.00 bits per heavy atom. The van der Waals surface area contributed by atoms with Crippen LogP contribution < -0.4 is 0 Å². The average Bonchev–Trinajstić information content (AvgIpc) is 3.05. The number of aromatic carboxylic acids is 1. The summed E-state index contributed by atoms with van der Waals surface area (Å²) in [6, 6.07) is 12.8. The fraction of sp³-hybridized carbons (Fsp3) is 0.600. The number of carboxylic acid groups (broad SMARTS) is 1. The average molecular weight is 669 g/mol. The molecule has 2 aromatic rings. The number of benzene rings is 2. The van der Waals surface area contributed by atoms with Gasteiger partial charge in [-0.25, -0.2) is 19.2 Å². The van der Waals surface area contributed by atoms with Crippen LogP contribution in [-0.2, 0) is 14.2 Å². The lowest BCUT2D eigenvalue weighted by molar-refractivity contribution is 0.0450. The van der Waals surface area contributed by atoms with Gasteiger partial charge in [0.2, 0.25) is 0 Å². The van der Waals surface area contributed by atoms with Crippen LogP contribution in [0.25, 0.3) is 0 Å². The molecule has 0 heterocycles. The third-order valence-corrected chi connectivity index (χ3v) is 7.72. The van der Waals surface area contributed by atoms with Gasteiger partial charge in [-0.3, -0.25) is 0 Å². The molecule has 0 atom stereocenters. The molecule has 0 radical (unpaired) electrons. The molecule has 0 aliphatic rings. The number of unbranched alkanes of at least 4 members (excludes halogenated alkanes) is 6. The first-order valence-corrected chi connectivity index (χ1v) is 17.9.